The fourth-order valence-electron chi connectivity index (χ4n) is 3.95. The van der Waals surface area contributed by atoms with Crippen LogP contribution >= 0.6 is 0 Å². The van der Waals surface area contributed by atoms with Crippen LogP contribution in [0.5, 0.6) is 28.7 Å². The van der Waals surface area contributed by atoms with E-state index in [4.69, 9.17) is 4.42 Å². The van der Waals surface area contributed by atoms with Crippen LogP contribution in [0.15, 0.2) is 83.3 Å². The Hall–Kier alpha value is -4.84. The SMILES string of the molecule is Oc1ccc(/C=C/c2cc(O)cc3oc(-c4ccc(O)cc4)c(-c4ccc(O)cc4O)c23)cc1. The zero-order valence-corrected chi connectivity index (χ0v) is 17.8. The minimum atomic E-state index is -0.135. The van der Waals surface area contributed by atoms with E-state index in [0.29, 0.717) is 39.0 Å². The van der Waals surface area contributed by atoms with E-state index in [2.05, 4.69) is 0 Å². The van der Waals surface area contributed by atoms with E-state index in [9.17, 15) is 25.5 Å². The Morgan fingerprint density at radius 3 is 1.91 bits per heavy atom. The maximum Gasteiger partial charge on any atom is 0.143 e. The second kappa shape index (κ2) is 8.26. The molecule has 0 spiro atoms. The number of hydrogen-bond donors (Lipinski definition) is 5. The summed E-state index contributed by atoms with van der Waals surface area (Å²) in [7, 11) is 0. The molecule has 0 fully saturated rings. The summed E-state index contributed by atoms with van der Waals surface area (Å²) >= 11 is 0. The van der Waals surface area contributed by atoms with Crippen LogP contribution in [-0.4, -0.2) is 25.5 Å². The summed E-state index contributed by atoms with van der Waals surface area (Å²) in [6, 6.07) is 20.6. The summed E-state index contributed by atoms with van der Waals surface area (Å²) in [4.78, 5) is 0. The first kappa shape index (κ1) is 21.0. The lowest BCUT2D eigenvalue weighted by atomic mass is 9.94. The second-order valence-corrected chi connectivity index (χ2v) is 7.89. The van der Waals surface area contributed by atoms with Crippen molar-refractivity contribution in [3.63, 3.8) is 0 Å². The quantitative estimate of drug-likeness (QED) is 0.200. The molecule has 0 aliphatic rings. The van der Waals surface area contributed by atoms with Crippen molar-refractivity contribution >= 4 is 23.1 Å². The van der Waals surface area contributed by atoms with Gasteiger partial charge in [-0.2, -0.15) is 0 Å². The van der Waals surface area contributed by atoms with Crippen LogP contribution in [0.3, 0.4) is 0 Å². The highest BCUT2D eigenvalue weighted by Gasteiger charge is 2.23. The third-order valence-corrected chi connectivity index (χ3v) is 5.54. The Bertz CT molecular complexity index is 1530. The van der Waals surface area contributed by atoms with Crippen LogP contribution in [0.1, 0.15) is 11.1 Å². The van der Waals surface area contributed by atoms with Crippen molar-refractivity contribution in [1.82, 2.24) is 0 Å². The molecule has 1 heterocycles. The number of fused-ring (bicyclic) bond motifs is 1. The first-order valence-corrected chi connectivity index (χ1v) is 10.5. The van der Waals surface area contributed by atoms with Crippen LogP contribution in [-0.2, 0) is 0 Å². The van der Waals surface area contributed by atoms with E-state index in [1.165, 1.54) is 30.3 Å². The van der Waals surface area contributed by atoms with Crippen molar-refractivity contribution in [3.05, 3.63) is 90.0 Å². The van der Waals surface area contributed by atoms with E-state index in [1.54, 1.807) is 48.5 Å². The van der Waals surface area contributed by atoms with Gasteiger partial charge in [-0.25, -0.2) is 0 Å². The Morgan fingerprint density at radius 1 is 0.588 bits per heavy atom. The van der Waals surface area contributed by atoms with Gasteiger partial charge in [0.1, 0.15) is 40.1 Å². The topological polar surface area (TPSA) is 114 Å². The minimum absolute atomic E-state index is 0.00494. The van der Waals surface area contributed by atoms with Crippen LogP contribution in [0.25, 0.3) is 45.6 Å². The standard InChI is InChI=1S/C28H20O6/c29-19-7-2-16(3-8-19)1-4-18-13-22(32)15-25-26(18)27(23-12-11-21(31)14-24(23)33)28(34-25)17-5-9-20(30)10-6-17/h1-15,29-33H/b4-1+. The lowest BCUT2D eigenvalue weighted by molar-refractivity contribution is 0.451. The monoisotopic (exact) mass is 452 g/mol. The highest BCUT2D eigenvalue weighted by molar-refractivity contribution is 6.08. The fourth-order valence-corrected chi connectivity index (χ4v) is 3.95. The maximum atomic E-state index is 10.7. The van der Waals surface area contributed by atoms with Gasteiger partial charge in [-0.15, -0.1) is 0 Å². The number of phenolic OH excluding ortho intramolecular Hbond substituents is 5. The molecule has 0 saturated heterocycles. The van der Waals surface area contributed by atoms with Crippen LogP contribution in [0, 0.1) is 0 Å². The van der Waals surface area contributed by atoms with Gasteiger partial charge in [-0.3, -0.25) is 0 Å². The molecule has 0 aliphatic carbocycles. The summed E-state index contributed by atoms with van der Waals surface area (Å²) in [6.45, 7) is 0. The van der Waals surface area contributed by atoms with Gasteiger partial charge in [0, 0.05) is 34.2 Å². The molecule has 168 valence electrons. The molecule has 0 bridgehead atoms. The molecule has 6 heteroatoms. The number of benzene rings is 4. The highest BCUT2D eigenvalue weighted by Crippen LogP contribution is 2.47. The van der Waals surface area contributed by atoms with Gasteiger partial charge in [0.05, 0.1) is 0 Å². The third-order valence-electron chi connectivity index (χ3n) is 5.54. The number of aromatic hydroxyl groups is 5. The van der Waals surface area contributed by atoms with Gasteiger partial charge in [0.2, 0.25) is 0 Å². The molecule has 0 saturated carbocycles. The Morgan fingerprint density at radius 2 is 1.24 bits per heavy atom. The molecule has 6 nitrogen and oxygen atoms in total. The van der Waals surface area contributed by atoms with Crippen LogP contribution in [0.2, 0.25) is 0 Å². The van der Waals surface area contributed by atoms with Gasteiger partial charge in [0.15, 0.2) is 0 Å². The van der Waals surface area contributed by atoms with Gasteiger partial charge >= 0.3 is 0 Å². The van der Waals surface area contributed by atoms with Gasteiger partial charge in [0.25, 0.3) is 0 Å². The molecule has 4 aromatic carbocycles. The van der Waals surface area contributed by atoms with Gasteiger partial charge in [-0.05, 0) is 65.7 Å². The van der Waals surface area contributed by atoms with Crippen LogP contribution < -0.4 is 0 Å². The van der Waals surface area contributed by atoms with E-state index in [-0.39, 0.29) is 28.7 Å². The predicted octanol–water partition coefficient (Wildman–Crippen LogP) is 6.47. The molecular weight excluding hydrogens is 432 g/mol. The molecule has 0 atom stereocenters. The molecular formula is C28H20O6. The molecule has 0 unspecified atom stereocenters. The Labute approximate surface area is 194 Å². The second-order valence-electron chi connectivity index (χ2n) is 7.89. The average molecular weight is 452 g/mol. The van der Waals surface area contributed by atoms with Crippen molar-refractivity contribution in [1.29, 1.82) is 0 Å². The van der Waals surface area contributed by atoms with Crippen molar-refractivity contribution < 1.29 is 29.9 Å². The average Bonchev–Trinajstić information content (AvgIpc) is 3.18. The largest absolute Gasteiger partial charge is 0.508 e. The van der Waals surface area contributed by atoms with Crippen molar-refractivity contribution in [3.8, 4) is 51.2 Å². The fraction of sp³-hybridized carbons (Fsp3) is 0. The van der Waals surface area contributed by atoms with E-state index in [1.807, 2.05) is 12.2 Å². The Kier molecular flexibility index (Phi) is 5.11. The van der Waals surface area contributed by atoms with E-state index < -0.39 is 0 Å². The van der Waals surface area contributed by atoms with Gasteiger partial charge < -0.3 is 29.9 Å². The van der Waals surface area contributed by atoms with E-state index >= 15 is 0 Å². The summed E-state index contributed by atoms with van der Waals surface area (Å²) in [6.07, 6.45) is 3.65. The smallest absolute Gasteiger partial charge is 0.143 e. The van der Waals surface area contributed by atoms with Crippen molar-refractivity contribution in [2.24, 2.45) is 0 Å². The number of furan rings is 1. The lowest BCUT2D eigenvalue weighted by Crippen LogP contribution is -1.85. The maximum absolute atomic E-state index is 10.7. The highest BCUT2D eigenvalue weighted by atomic mass is 16.3. The van der Waals surface area contributed by atoms with E-state index in [0.717, 1.165) is 5.56 Å². The number of rotatable bonds is 4. The van der Waals surface area contributed by atoms with Crippen molar-refractivity contribution in [2.75, 3.05) is 0 Å². The van der Waals surface area contributed by atoms with Crippen molar-refractivity contribution in [2.45, 2.75) is 0 Å². The first-order valence-electron chi connectivity index (χ1n) is 10.5. The summed E-state index contributed by atoms with van der Waals surface area (Å²) in [5, 5.41) is 50.8. The molecule has 34 heavy (non-hydrogen) atoms. The predicted molar refractivity (Wildman–Crippen MR) is 131 cm³/mol. The Balaban J connectivity index is 1.80. The van der Waals surface area contributed by atoms with Crippen LogP contribution in [0.4, 0.5) is 0 Å². The minimum Gasteiger partial charge on any atom is -0.508 e. The number of hydrogen-bond acceptors (Lipinski definition) is 6. The molecule has 1 aromatic heterocycles. The normalized spacial score (nSPS) is 11.4. The number of phenols is 5. The summed E-state index contributed by atoms with van der Waals surface area (Å²) in [5.41, 5.74) is 3.54. The molecule has 0 amide bonds. The van der Waals surface area contributed by atoms with Gasteiger partial charge in [-0.1, -0.05) is 24.3 Å². The molecule has 5 N–H and O–H groups in total. The molecule has 5 aromatic rings. The zero-order chi connectivity index (χ0) is 23.8. The lowest BCUT2D eigenvalue weighted by Gasteiger charge is -2.09. The first-order chi connectivity index (χ1) is 16.4. The zero-order valence-electron chi connectivity index (χ0n) is 17.8. The summed E-state index contributed by atoms with van der Waals surface area (Å²) < 4.78 is 6.17. The third kappa shape index (κ3) is 3.89. The molecule has 0 aliphatic heterocycles. The molecule has 0 radical (unpaired) electrons. The molecule has 5 rings (SSSR count). The summed E-state index contributed by atoms with van der Waals surface area (Å²) in [5.74, 6) is 0.486.